The van der Waals surface area contributed by atoms with E-state index in [2.05, 4.69) is 15.3 Å². The van der Waals surface area contributed by atoms with Crippen LogP contribution in [0.1, 0.15) is 19.7 Å². The van der Waals surface area contributed by atoms with E-state index in [1.165, 1.54) is 11.3 Å². The minimum absolute atomic E-state index is 0.000997. The van der Waals surface area contributed by atoms with Crippen molar-refractivity contribution < 1.29 is 9.69 Å². The molecule has 27 heavy (non-hydrogen) atoms. The third kappa shape index (κ3) is 4.55. The molecule has 3 N–H and O–H groups in total. The Kier molecular flexibility index (Phi) is 6.26. The molecule has 0 fully saturated rings. The summed E-state index contributed by atoms with van der Waals surface area (Å²) in [7, 11) is 0. The van der Waals surface area contributed by atoms with Crippen LogP contribution in [0.5, 0.6) is 0 Å². The van der Waals surface area contributed by atoms with E-state index < -0.39 is 0 Å². The molecule has 0 aliphatic rings. The lowest BCUT2D eigenvalue weighted by Crippen LogP contribution is -3.11. The van der Waals surface area contributed by atoms with Crippen LogP contribution in [0.3, 0.4) is 0 Å². The molecule has 0 bridgehead atoms. The van der Waals surface area contributed by atoms with E-state index in [0.29, 0.717) is 40.7 Å². The molecule has 1 amide bonds. The number of hydrogen-bond acceptors (Lipinski definition) is 4. The van der Waals surface area contributed by atoms with Gasteiger partial charge < -0.3 is 15.2 Å². The molecule has 3 rings (SSSR count). The van der Waals surface area contributed by atoms with Crippen LogP contribution in [0, 0.1) is 0 Å². The number of fused-ring (bicyclic) bond motifs is 1. The molecule has 0 radical (unpaired) electrons. The second-order valence-electron chi connectivity index (χ2n) is 6.26. The summed E-state index contributed by atoms with van der Waals surface area (Å²) < 4.78 is 0. The number of H-pyrrole nitrogens is 1. The topological polar surface area (TPSA) is 79.3 Å². The maximum Gasteiger partial charge on any atom is 0.275 e. The molecule has 2 aromatic heterocycles. The van der Waals surface area contributed by atoms with Crippen molar-refractivity contribution in [1.29, 1.82) is 0 Å². The maximum atomic E-state index is 12.7. The van der Waals surface area contributed by atoms with Crippen molar-refractivity contribution >= 4 is 39.1 Å². The van der Waals surface area contributed by atoms with Crippen LogP contribution < -0.4 is 15.8 Å². The van der Waals surface area contributed by atoms with Gasteiger partial charge in [0, 0.05) is 22.5 Å². The highest BCUT2D eigenvalue weighted by Gasteiger charge is 2.17. The summed E-state index contributed by atoms with van der Waals surface area (Å²) >= 11 is 7.40. The van der Waals surface area contributed by atoms with Gasteiger partial charge in [0.15, 0.2) is 12.4 Å². The number of amides is 1. The highest BCUT2D eigenvalue weighted by atomic mass is 35.5. The molecule has 6 nitrogen and oxygen atoms in total. The Morgan fingerprint density at radius 3 is 2.70 bits per heavy atom. The molecule has 3 aromatic rings. The van der Waals surface area contributed by atoms with Gasteiger partial charge in [0.05, 0.1) is 11.9 Å². The first kappa shape index (κ1) is 19.5. The molecule has 0 aliphatic carbocycles. The van der Waals surface area contributed by atoms with Crippen molar-refractivity contribution in [2.45, 2.75) is 20.4 Å². The van der Waals surface area contributed by atoms with Crippen LogP contribution in [-0.2, 0) is 11.3 Å². The number of hydrogen-bond donors (Lipinski definition) is 3. The van der Waals surface area contributed by atoms with Gasteiger partial charge >= 0.3 is 0 Å². The number of rotatable bonds is 7. The van der Waals surface area contributed by atoms with Gasteiger partial charge in [-0.05, 0) is 31.5 Å². The van der Waals surface area contributed by atoms with Gasteiger partial charge in [-0.2, -0.15) is 0 Å². The number of carbonyl (C=O) groups is 1. The minimum atomic E-state index is -0.158. The molecular weight excluding hydrogens is 384 g/mol. The average molecular weight is 406 g/mol. The number of benzene rings is 1. The lowest BCUT2D eigenvalue weighted by molar-refractivity contribution is -0.904. The summed E-state index contributed by atoms with van der Waals surface area (Å²) in [5.74, 6) is 0.595. The van der Waals surface area contributed by atoms with Crippen LogP contribution in [0.25, 0.3) is 21.3 Å². The molecule has 142 valence electrons. The number of aromatic nitrogens is 2. The number of halogens is 1. The molecule has 1 aromatic carbocycles. The smallest absolute Gasteiger partial charge is 0.275 e. The summed E-state index contributed by atoms with van der Waals surface area (Å²) in [6.45, 7) is 6.12. The number of nitrogens with one attached hydrogen (secondary N) is 3. The second-order valence-corrected chi connectivity index (χ2v) is 7.55. The SMILES string of the molecule is CCNC(=O)C[NH+](CC)Cc1nc2scc(-c3ccc(Cl)cc3)c2c(=O)[nH]1. The van der Waals surface area contributed by atoms with E-state index in [1.807, 2.05) is 31.4 Å². The molecule has 0 saturated carbocycles. The number of likely N-dealkylation sites (N-methyl/N-ethyl adjacent to an activating group) is 2. The summed E-state index contributed by atoms with van der Waals surface area (Å²) in [6.07, 6.45) is 0. The molecule has 1 unspecified atom stereocenters. The van der Waals surface area contributed by atoms with Crippen LogP contribution in [0.4, 0.5) is 0 Å². The zero-order chi connectivity index (χ0) is 19.4. The Labute approximate surface area is 166 Å². The molecule has 2 heterocycles. The monoisotopic (exact) mass is 405 g/mol. The van der Waals surface area contributed by atoms with Gasteiger partial charge in [0.25, 0.3) is 11.5 Å². The van der Waals surface area contributed by atoms with Crippen molar-refractivity contribution in [2.75, 3.05) is 19.6 Å². The fourth-order valence-electron chi connectivity index (χ4n) is 2.96. The number of aromatic amines is 1. The Morgan fingerprint density at radius 1 is 1.30 bits per heavy atom. The Hall–Kier alpha value is -2.22. The van der Waals surface area contributed by atoms with E-state index in [9.17, 15) is 9.59 Å². The molecule has 0 saturated heterocycles. The number of thiophene rings is 1. The van der Waals surface area contributed by atoms with Crippen molar-refractivity contribution in [3.05, 3.63) is 50.8 Å². The molecule has 1 atom stereocenters. The molecule has 0 aliphatic heterocycles. The lowest BCUT2D eigenvalue weighted by atomic mass is 10.1. The van der Waals surface area contributed by atoms with E-state index in [4.69, 9.17) is 11.6 Å². The van der Waals surface area contributed by atoms with Gasteiger partial charge in [-0.25, -0.2) is 4.98 Å². The van der Waals surface area contributed by atoms with E-state index >= 15 is 0 Å². The zero-order valence-corrected chi connectivity index (χ0v) is 16.8. The van der Waals surface area contributed by atoms with Crippen LogP contribution in [-0.4, -0.2) is 35.5 Å². The highest BCUT2D eigenvalue weighted by Crippen LogP contribution is 2.31. The Morgan fingerprint density at radius 2 is 2.04 bits per heavy atom. The second kappa shape index (κ2) is 8.65. The predicted octanol–water partition coefficient (Wildman–Crippen LogP) is 1.85. The van der Waals surface area contributed by atoms with Gasteiger partial charge in [0.1, 0.15) is 11.4 Å². The van der Waals surface area contributed by atoms with E-state index in [-0.39, 0.29) is 11.5 Å². The van der Waals surface area contributed by atoms with Crippen LogP contribution in [0.2, 0.25) is 5.02 Å². The normalized spacial score (nSPS) is 12.3. The predicted molar refractivity (Wildman–Crippen MR) is 109 cm³/mol. The van der Waals surface area contributed by atoms with Crippen LogP contribution >= 0.6 is 22.9 Å². The fourth-order valence-corrected chi connectivity index (χ4v) is 4.05. The van der Waals surface area contributed by atoms with Gasteiger partial charge in [-0.3, -0.25) is 9.59 Å². The maximum absolute atomic E-state index is 12.7. The fraction of sp³-hybridized carbons (Fsp3) is 0.316. The Balaban J connectivity index is 1.88. The van der Waals surface area contributed by atoms with E-state index in [0.717, 1.165) is 22.6 Å². The van der Waals surface area contributed by atoms with Gasteiger partial charge in [0.2, 0.25) is 0 Å². The van der Waals surface area contributed by atoms with Gasteiger partial charge in [-0.1, -0.05) is 23.7 Å². The largest absolute Gasteiger partial charge is 0.351 e. The van der Waals surface area contributed by atoms with Crippen molar-refractivity contribution in [1.82, 2.24) is 15.3 Å². The summed E-state index contributed by atoms with van der Waals surface area (Å²) in [5, 5.41) is 5.99. The third-order valence-electron chi connectivity index (χ3n) is 4.35. The quantitative estimate of drug-likeness (QED) is 0.561. The van der Waals surface area contributed by atoms with E-state index in [1.54, 1.807) is 12.1 Å². The van der Waals surface area contributed by atoms with Crippen molar-refractivity contribution in [2.24, 2.45) is 0 Å². The number of carbonyl (C=O) groups excluding carboxylic acids is 1. The molecule has 8 heteroatoms. The van der Waals surface area contributed by atoms with Crippen molar-refractivity contribution in [3.63, 3.8) is 0 Å². The summed E-state index contributed by atoms with van der Waals surface area (Å²) in [5.41, 5.74) is 1.63. The van der Waals surface area contributed by atoms with Gasteiger partial charge in [-0.15, -0.1) is 11.3 Å². The first-order valence-corrected chi connectivity index (χ1v) is 10.1. The average Bonchev–Trinajstić information content (AvgIpc) is 3.06. The number of quaternary nitrogens is 1. The molecular formula is C19H22ClN4O2S+. The number of nitrogens with zero attached hydrogens (tertiary/aromatic N) is 1. The highest BCUT2D eigenvalue weighted by molar-refractivity contribution is 7.17. The minimum Gasteiger partial charge on any atom is -0.351 e. The van der Waals surface area contributed by atoms with Crippen molar-refractivity contribution in [3.8, 4) is 11.1 Å². The zero-order valence-electron chi connectivity index (χ0n) is 15.3. The lowest BCUT2D eigenvalue weighted by Gasteiger charge is -2.16. The Bertz CT molecular complexity index is 997. The first-order chi connectivity index (χ1) is 13.0. The standard InChI is InChI=1S/C19H21ClN4O2S/c1-3-21-16(25)10-24(4-2)9-15-22-18(26)17-14(11-27-19(17)23-15)12-5-7-13(20)8-6-12/h5-8,11H,3-4,9-10H2,1-2H3,(H,21,25)(H,22,23,26)/p+1. The summed E-state index contributed by atoms with van der Waals surface area (Å²) in [6, 6.07) is 7.40. The first-order valence-electron chi connectivity index (χ1n) is 8.88. The summed E-state index contributed by atoms with van der Waals surface area (Å²) in [4.78, 5) is 33.8. The van der Waals surface area contributed by atoms with Crippen LogP contribution in [0.15, 0.2) is 34.4 Å². The third-order valence-corrected chi connectivity index (χ3v) is 5.47. The molecule has 0 spiro atoms.